The van der Waals surface area contributed by atoms with Gasteiger partial charge < -0.3 is 10.6 Å². The van der Waals surface area contributed by atoms with Gasteiger partial charge in [0.15, 0.2) is 0 Å². The van der Waals surface area contributed by atoms with Crippen LogP contribution in [0.4, 0.5) is 0 Å². The van der Waals surface area contributed by atoms with E-state index in [0.717, 1.165) is 30.1 Å². The van der Waals surface area contributed by atoms with E-state index in [-0.39, 0.29) is 5.91 Å². The van der Waals surface area contributed by atoms with Crippen molar-refractivity contribution in [3.8, 4) is 0 Å². The molecule has 108 valence electrons. The molecule has 3 rings (SSSR count). The van der Waals surface area contributed by atoms with Crippen LogP contribution in [0.25, 0.3) is 0 Å². The Kier molecular flexibility index (Phi) is 4.01. The zero-order valence-electron chi connectivity index (χ0n) is 11.9. The lowest BCUT2D eigenvalue weighted by Gasteiger charge is -2.44. The third kappa shape index (κ3) is 2.57. The Hall–Kier alpha value is -1.42. The fourth-order valence-electron chi connectivity index (χ4n) is 3.77. The van der Waals surface area contributed by atoms with Crippen LogP contribution < -0.4 is 5.73 Å². The van der Waals surface area contributed by atoms with Crippen LogP contribution in [0, 0.1) is 5.92 Å². The van der Waals surface area contributed by atoms with Crippen molar-refractivity contribution >= 4 is 5.91 Å². The highest BCUT2D eigenvalue weighted by Gasteiger charge is 2.35. The number of hydrogen-bond donors (Lipinski definition) is 1. The van der Waals surface area contributed by atoms with Gasteiger partial charge in [0.2, 0.25) is 0 Å². The minimum Gasteiger partial charge on any atom is -0.335 e. The Bertz CT molecular complexity index is 486. The van der Waals surface area contributed by atoms with Crippen molar-refractivity contribution in [2.24, 2.45) is 11.7 Å². The van der Waals surface area contributed by atoms with Crippen LogP contribution >= 0.6 is 0 Å². The van der Waals surface area contributed by atoms with Gasteiger partial charge in [-0.15, -0.1) is 0 Å². The second-order valence-corrected chi connectivity index (χ2v) is 5.99. The van der Waals surface area contributed by atoms with Crippen LogP contribution in [-0.2, 0) is 6.54 Å². The molecule has 0 bridgehead atoms. The minimum atomic E-state index is 0.165. The third-order valence-corrected chi connectivity index (χ3v) is 4.78. The predicted octanol–water partition coefficient (Wildman–Crippen LogP) is 2.34. The van der Waals surface area contributed by atoms with Crippen LogP contribution in [0.2, 0.25) is 0 Å². The fourth-order valence-corrected chi connectivity index (χ4v) is 3.77. The average Bonchev–Trinajstić information content (AvgIpc) is 2.53. The number of fused-ring (bicyclic) bond motifs is 1. The largest absolute Gasteiger partial charge is 0.335 e. The van der Waals surface area contributed by atoms with Crippen molar-refractivity contribution in [3.63, 3.8) is 0 Å². The molecule has 2 atom stereocenters. The number of likely N-dealkylation sites (tertiary alicyclic amines) is 1. The summed E-state index contributed by atoms with van der Waals surface area (Å²) in [6, 6.07) is 4.11. The number of piperidine rings is 1. The molecule has 2 heterocycles. The molecular weight excluding hydrogens is 250 g/mol. The molecule has 2 aliphatic rings. The average molecular weight is 273 g/mol. The van der Waals surface area contributed by atoms with Gasteiger partial charge in [0.25, 0.3) is 5.91 Å². The topological polar surface area (TPSA) is 59.2 Å². The van der Waals surface area contributed by atoms with E-state index in [0.29, 0.717) is 12.6 Å². The number of carbonyl (C=O) groups excluding carboxylic acids is 1. The molecule has 0 spiro atoms. The van der Waals surface area contributed by atoms with E-state index in [1.54, 1.807) is 6.20 Å². The smallest absolute Gasteiger partial charge is 0.254 e. The summed E-state index contributed by atoms with van der Waals surface area (Å²) in [6.07, 6.45) is 9.17. The molecule has 4 heteroatoms. The lowest BCUT2D eigenvalue weighted by Crippen LogP contribution is -2.49. The van der Waals surface area contributed by atoms with E-state index in [1.807, 2.05) is 12.1 Å². The lowest BCUT2D eigenvalue weighted by atomic mass is 9.78. The quantitative estimate of drug-likeness (QED) is 0.899. The number of amides is 1. The highest BCUT2D eigenvalue weighted by atomic mass is 16.2. The van der Waals surface area contributed by atoms with Gasteiger partial charge in [-0.05, 0) is 43.7 Å². The summed E-state index contributed by atoms with van der Waals surface area (Å²) < 4.78 is 0. The maximum absolute atomic E-state index is 12.8. The molecule has 1 saturated carbocycles. The summed E-state index contributed by atoms with van der Waals surface area (Å²) in [5, 5.41) is 0. The monoisotopic (exact) mass is 273 g/mol. The van der Waals surface area contributed by atoms with Crippen molar-refractivity contribution in [1.29, 1.82) is 0 Å². The minimum absolute atomic E-state index is 0.165. The Balaban J connectivity index is 1.81. The Labute approximate surface area is 120 Å². The zero-order valence-corrected chi connectivity index (χ0v) is 11.9. The lowest BCUT2D eigenvalue weighted by molar-refractivity contribution is 0.0390. The third-order valence-electron chi connectivity index (χ3n) is 4.78. The molecule has 4 nitrogen and oxygen atoms in total. The molecule has 0 unspecified atom stereocenters. The number of rotatable bonds is 2. The Morgan fingerprint density at radius 3 is 2.95 bits per heavy atom. The normalized spacial score (nSPS) is 26.1. The number of pyridine rings is 1. The SMILES string of the molecule is NCc1cc(C(=O)N2CCC[C@H]3CCCC[C@H]32)ccn1. The van der Waals surface area contributed by atoms with Gasteiger partial charge in [-0.3, -0.25) is 9.78 Å². The molecule has 1 saturated heterocycles. The fraction of sp³-hybridized carbons (Fsp3) is 0.625. The van der Waals surface area contributed by atoms with E-state index in [1.165, 1.54) is 32.1 Å². The van der Waals surface area contributed by atoms with Gasteiger partial charge in [-0.1, -0.05) is 12.8 Å². The van der Waals surface area contributed by atoms with Crippen molar-refractivity contribution < 1.29 is 4.79 Å². The van der Waals surface area contributed by atoms with Crippen LogP contribution in [0.1, 0.15) is 54.6 Å². The first-order chi connectivity index (χ1) is 9.79. The molecule has 20 heavy (non-hydrogen) atoms. The molecule has 1 aromatic rings. The van der Waals surface area contributed by atoms with Crippen LogP contribution in [0.15, 0.2) is 18.3 Å². The maximum atomic E-state index is 12.8. The van der Waals surface area contributed by atoms with Crippen LogP contribution in [0.5, 0.6) is 0 Å². The van der Waals surface area contributed by atoms with Gasteiger partial charge in [0, 0.05) is 30.9 Å². The molecule has 1 aromatic heterocycles. The van der Waals surface area contributed by atoms with Crippen molar-refractivity contribution in [2.75, 3.05) is 6.54 Å². The second-order valence-electron chi connectivity index (χ2n) is 5.99. The Morgan fingerprint density at radius 2 is 2.10 bits per heavy atom. The summed E-state index contributed by atoms with van der Waals surface area (Å²) in [4.78, 5) is 19.1. The Morgan fingerprint density at radius 1 is 1.30 bits per heavy atom. The van der Waals surface area contributed by atoms with E-state index in [4.69, 9.17) is 5.73 Å². The van der Waals surface area contributed by atoms with Gasteiger partial charge in [0.1, 0.15) is 0 Å². The van der Waals surface area contributed by atoms with Gasteiger partial charge in [-0.2, -0.15) is 0 Å². The van der Waals surface area contributed by atoms with Gasteiger partial charge in [0.05, 0.1) is 5.69 Å². The zero-order chi connectivity index (χ0) is 13.9. The summed E-state index contributed by atoms with van der Waals surface area (Å²) in [6.45, 7) is 1.29. The second kappa shape index (κ2) is 5.92. The number of carbonyl (C=O) groups is 1. The first-order valence-corrected chi connectivity index (χ1v) is 7.75. The number of nitrogens with two attached hydrogens (primary N) is 1. The molecule has 1 aliphatic heterocycles. The summed E-state index contributed by atoms with van der Waals surface area (Å²) >= 11 is 0. The van der Waals surface area contributed by atoms with Crippen LogP contribution in [0.3, 0.4) is 0 Å². The van der Waals surface area contributed by atoms with Gasteiger partial charge >= 0.3 is 0 Å². The van der Waals surface area contributed by atoms with Crippen LogP contribution in [-0.4, -0.2) is 28.4 Å². The predicted molar refractivity (Wildman–Crippen MR) is 78.1 cm³/mol. The standard InChI is InChI=1S/C16H23N3O/c17-11-14-10-13(7-8-18-14)16(20)19-9-3-5-12-4-1-2-6-15(12)19/h7-8,10,12,15H,1-6,9,11,17H2/t12-,15-/m1/s1. The highest BCUT2D eigenvalue weighted by Crippen LogP contribution is 2.35. The molecule has 0 radical (unpaired) electrons. The van der Waals surface area contributed by atoms with Crippen molar-refractivity contribution in [3.05, 3.63) is 29.6 Å². The van der Waals surface area contributed by atoms with E-state index < -0.39 is 0 Å². The highest BCUT2D eigenvalue weighted by molar-refractivity contribution is 5.94. The van der Waals surface area contributed by atoms with E-state index >= 15 is 0 Å². The molecule has 1 amide bonds. The summed E-state index contributed by atoms with van der Waals surface area (Å²) in [5.74, 6) is 0.885. The first-order valence-electron chi connectivity index (χ1n) is 7.75. The molecule has 1 aliphatic carbocycles. The van der Waals surface area contributed by atoms with E-state index in [2.05, 4.69) is 9.88 Å². The van der Waals surface area contributed by atoms with E-state index in [9.17, 15) is 4.79 Å². The number of nitrogens with zero attached hydrogens (tertiary/aromatic N) is 2. The molecule has 2 N–H and O–H groups in total. The first kappa shape index (κ1) is 13.6. The number of aromatic nitrogens is 1. The van der Waals surface area contributed by atoms with Gasteiger partial charge in [-0.25, -0.2) is 0 Å². The molecule has 2 fully saturated rings. The van der Waals surface area contributed by atoms with Crippen molar-refractivity contribution in [2.45, 2.75) is 51.1 Å². The molecule has 0 aromatic carbocycles. The summed E-state index contributed by atoms with van der Waals surface area (Å²) in [5.41, 5.74) is 7.14. The maximum Gasteiger partial charge on any atom is 0.254 e. The van der Waals surface area contributed by atoms with Crippen molar-refractivity contribution in [1.82, 2.24) is 9.88 Å². The summed E-state index contributed by atoms with van der Waals surface area (Å²) in [7, 11) is 0. The molecular formula is C16H23N3O. The number of hydrogen-bond acceptors (Lipinski definition) is 3.